The molecule has 3 nitrogen and oxygen atoms in total. The Morgan fingerprint density at radius 3 is 1.18 bits per heavy atom. The number of benzene rings is 6. The number of allylic oxidation sites excluding steroid dienone is 2. The molecule has 0 radical (unpaired) electrons. The van der Waals surface area contributed by atoms with Gasteiger partial charge in [0.05, 0.1) is 0 Å². The maximum atomic E-state index is 2.96. The molecule has 6 aliphatic rings. The van der Waals surface area contributed by atoms with Gasteiger partial charge in [0, 0.05) is 52.2 Å². The first kappa shape index (κ1) is 40.9. The number of anilines is 6. The molecule has 6 aromatic carbocycles. The van der Waals surface area contributed by atoms with Crippen molar-refractivity contribution in [3.8, 4) is 0 Å². The largest absolute Gasteiger partial charge is 0.338 e. The number of fused-ring (bicyclic) bond motifs is 6. The molecular weight excluding hydrogens is 787 g/mol. The summed E-state index contributed by atoms with van der Waals surface area (Å²) in [6.07, 6.45) is 13.0. The van der Waals surface area contributed by atoms with Gasteiger partial charge in [-0.05, 0) is 190 Å². The molecule has 0 aliphatic heterocycles. The van der Waals surface area contributed by atoms with E-state index in [4.69, 9.17) is 0 Å². The maximum Gasteiger partial charge on any atom is 0.0413 e. The molecule has 6 fully saturated rings. The number of rotatable bonds is 9. The molecule has 0 heterocycles. The minimum atomic E-state index is 0.394. The van der Waals surface area contributed by atoms with Gasteiger partial charge in [-0.25, -0.2) is 0 Å². The number of para-hydroxylation sites is 6. The fraction of sp³-hybridized carbons (Fsp3) is 0.387. The van der Waals surface area contributed by atoms with Crippen molar-refractivity contribution in [2.75, 3.05) is 14.7 Å². The SMILES string of the molecule is C/C=C1/CCCC2C1C(C)C1C2C(N(c2ccccc2)c2ccccc2)C2C3CCC(N(c4ccccc4)c4ccccc4)C4CCCC(C34)C2C1N(c1ccccc1)c1ccccc1. The molecule has 65 heavy (non-hydrogen) atoms. The van der Waals surface area contributed by atoms with Crippen LogP contribution in [-0.2, 0) is 0 Å². The predicted octanol–water partition coefficient (Wildman–Crippen LogP) is 15.6. The lowest BCUT2D eigenvalue weighted by atomic mass is 9.57. The van der Waals surface area contributed by atoms with Crippen LogP contribution in [0.3, 0.4) is 0 Å². The summed E-state index contributed by atoms with van der Waals surface area (Å²) in [6.45, 7) is 5.08. The Hall–Kier alpha value is -5.54. The van der Waals surface area contributed by atoms with Gasteiger partial charge in [-0.1, -0.05) is 134 Å². The molecular formula is C62H67N3. The predicted molar refractivity (Wildman–Crippen MR) is 271 cm³/mol. The summed E-state index contributed by atoms with van der Waals surface area (Å²) in [6, 6.07) is 70.9. The highest BCUT2D eigenvalue weighted by Gasteiger charge is 2.71. The summed E-state index contributed by atoms with van der Waals surface area (Å²) in [5.41, 5.74) is 9.94. The van der Waals surface area contributed by atoms with E-state index in [0.717, 1.165) is 0 Å². The van der Waals surface area contributed by atoms with Gasteiger partial charge in [0.1, 0.15) is 0 Å². The lowest BCUT2D eigenvalue weighted by Crippen LogP contribution is -2.62. The lowest BCUT2D eigenvalue weighted by Gasteiger charge is -2.58. The zero-order valence-corrected chi connectivity index (χ0v) is 38.5. The Morgan fingerprint density at radius 1 is 0.369 bits per heavy atom. The summed E-state index contributed by atoms with van der Waals surface area (Å²) < 4.78 is 0. The number of hydrogen-bond acceptors (Lipinski definition) is 3. The van der Waals surface area contributed by atoms with Gasteiger partial charge >= 0.3 is 0 Å². The van der Waals surface area contributed by atoms with Gasteiger partial charge in [-0.15, -0.1) is 0 Å². The van der Waals surface area contributed by atoms with Gasteiger partial charge in [0.15, 0.2) is 0 Å². The fourth-order valence-electron chi connectivity index (χ4n) is 16.7. The summed E-state index contributed by atoms with van der Waals surface area (Å²) >= 11 is 0. The van der Waals surface area contributed by atoms with Crippen molar-refractivity contribution in [3.05, 3.63) is 194 Å². The summed E-state index contributed by atoms with van der Waals surface area (Å²) in [5.74, 6) is 6.69. The average molecular weight is 854 g/mol. The quantitative estimate of drug-likeness (QED) is 0.134. The first-order valence-corrected chi connectivity index (χ1v) is 25.5. The van der Waals surface area contributed by atoms with Crippen molar-refractivity contribution in [3.63, 3.8) is 0 Å². The van der Waals surface area contributed by atoms with Crippen LogP contribution in [-0.4, -0.2) is 18.1 Å². The van der Waals surface area contributed by atoms with Crippen molar-refractivity contribution < 1.29 is 0 Å². The Morgan fingerprint density at radius 2 is 0.738 bits per heavy atom. The van der Waals surface area contributed by atoms with E-state index in [1.54, 1.807) is 5.57 Å². The molecule has 330 valence electrons. The van der Waals surface area contributed by atoms with E-state index in [1.807, 2.05) is 0 Å². The highest BCUT2D eigenvalue weighted by atomic mass is 15.2. The third kappa shape index (κ3) is 6.81. The van der Waals surface area contributed by atoms with E-state index in [2.05, 4.69) is 217 Å². The summed E-state index contributed by atoms with van der Waals surface area (Å²) in [7, 11) is 0. The van der Waals surface area contributed by atoms with Crippen molar-refractivity contribution in [1.29, 1.82) is 0 Å². The van der Waals surface area contributed by atoms with Crippen molar-refractivity contribution >= 4 is 34.1 Å². The second kappa shape index (κ2) is 17.4. The molecule has 0 bridgehead atoms. The lowest BCUT2D eigenvalue weighted by molar-refractivity contribution is 0.0283. The molecule has 6 saturated carbocycles. The summed E-state index contributed by atoms with van der Waals surface area (Å²) in [4.78, 5) is 8.70. The minimum absolute atomic E-state index is 0.394. The van der Waals surface area contributed by atoms with Crippen LogP contribution in [0.2, 0.25) is 0 Å². The van der Waals surface area contributed by atoms with Gasteiger partial charge in [0.25, 0.3) is 0 Å². The van der Waals surface area contributed by atoms with Gasteiger partial charge in [-0.2, -0.15) is 0 Å². The van der Waals surface area contributed by atoms with Crippen LogP contribution in [0.25, 0.3) is 0 Å². The van der Waals surface area contributed by atoms with E-state index < -0.39 is 0 Å². The van der Waals surface area contributed by atoms with E-state index >= 15 is 0 Å². The molecule has 14 atom stereocenters. The highest BCUT2D eigenvalue weighted by molar-refractivity contribution is 5.68. The second-order valence-corrected chi connectivity index (χ2v) is 20.9. The Balaban J connectivity index is 1.10. The fourth-order valence-corrected chi connectivity index (χ4v) is 16.7. The monoisotopic (exact) mass is 854 g/mol. The third-order valence-electron chi connectivity index (χ3n) is 18.4. The molecule has 3 heteroatoms. The molecule has 0 aromatic heterocycles. The van der Waals surface area contributed by atoms with Crippen LogP contribution in [0.1, 0.15) is 65.2 Å². The molecule has 14 unspecified atom stereocenters. The first-order chi connectivity index (χ1) is 32.2. The first-order valence-electron chi connectivity index (χ1n) is 25.5. The van der Waals surface area contributed by atoms with Crippen LogP contribution in [0.5, 0.6) is 0 Å². The molecule has 0 amide bonds. The van der Waals surface area contributed by atoms with Crippen molar-refractivity contribution in [2.24, 2.45) is 65.1 Å². The van der Waals surface area contributed by atoms with Crippen molar-refractivity contribution in [1.82, 2.24) is 0 Å². The topological polar surface area (TPSA) is 9.72 Å². The maximum absolute atomic E-state index is 2.96. The Kier molecular flexibility index (Phi) is 10.9. The van der Waals surface area contributed by atoms with Crippen LogP contribution in [0, 0.1) is 65.1 Å². The van der Waals surface area contributed by atoms with E-state index in [0.29, 0.717) is 83.2 Å². The van der Waals surface area contributed by atoms with Gasteiger partial charge < -0.3 is 14.7 Å². The molecule has 0 saturated heterocycles. The average Bonchev–Trinajstić information content (AvgIpc) is 3.87. The smallest absolute Gasteiger partial charge is 0.0413 e. The van der Waals surface area contributed by atoms with E-state index in [1.165, 1.54) is 85.5 Å². The molecule has 6 aromatic rings. The molecule has 0 spiro atoms. The second-order valence-electron chi connectivity index (χ2n) is 20.9. The standard InChI is InChI=1S/C62H67N3/c1-3-43-24-22-38-51-55(43)42(2)56-58(51)62(65(48-33-18-8-19-34-48)49-35-20-9-21-36-49)60-53-40-41-54(63(44-25-10-4-11-26-44)45-27-12-5-13-28-45)50-37-23-39-52(57(50)53)59(60)61(56)64(46-29-14-6-15-30-46)47-31-16-7-17-32-47/h3-21,25-36,42,50-62H,22-24,37-41H2,1-2H3/b43-3-. The summed E-state index contributed by atoms with van der Waals surface area (Å²) in [5, 5.41) is 0. The normalized spacial score (nSPS) is 33.8. The van der Waals surface area contributed by atoms with Crippen LogP contribution in [0.4, 0.5) is 34.1 Å². The molecule has 6 aliphatic carbocycles. The molecule has 0 N–H and O–H groups in total. The van der Waals surface area contributed by atoms with Crippen LogP contribution < -0.4 is 14.7 Å². The van der Waals surface area contributed by atoms with Gasteiger partial charge in [-0.3, -0.25) is 0 Å². The zero-order chi connectivity index (χ0) is 43.4. The third-order valence-corrected chi connectivity index (χ3v) is 18.4. The highest BCUT2D eigenvalue weighted by Crippen LogP contribution is 2.72. The number of nitrogens with zero attached hydrogens (tertiary/aromatic N) is 3. The van der Waals surface area contributed by atoms with E-state index in [9.17, 15) is 0 Å². The van der Waals surface area contributed by atoms with Crippen LogP contribution >= 0.6 is 0 Å². The zero-order valence-electron chi connectivity index (χ0n) is 38.5. The Labute approximate surface area is 389 Å². The van der Waals surface area contributed by atoms with Crippen LogP contribution in [0.15, 0.2) is 194 Å². The van der Waals surface area contributed by atoms with E-state index in [-0.39, 0.29) is 0 Å². The Bertz CT molecular complexity index is 2410. The minimum Gasteiger partial charge on any atom is -0.338 e. The number of hydrogen-bond donors (Lipinski definition) is 0. The van der Waals surface area contributed by atoms with Gasteiger partial charge in [0.2, 0.25) is 0 Å². The van der Waals surface area contributed by atoms with Crippen molar-refractivity contribution in [2.45, 2.75) is 83.3 Å². The molecule has 12 rings (SSSR count).